The Morgan fingerprint density at radius 2 is 1.92 bits per heavy atom. The summed E-state index contributed by atoms with van der Waals surface area (Å²) < 4.78 is 5.35. The van der Waals surface area contributed by atoms with Crippen molar-refractivity contribution in [2.24, 2.45) is 5.10 Å². The van der Waals surface area contributed by atoms with Crippen molar-refractivity contribution < 1.29 is 9.53 Å². The summed E-state index contributed by atoms with van der Waals surface area (Å²) in [6, 6.07) is 12.5. The van der Waals surface area contributed by atoms with Crippen molar-refractivity contribution in [2.75, 3.05) is 18.5 Å². The highest BCUT2D eigenvalue weighted by Crippen LogP contribution is 2.21. The monoisotopic (exact) mass is 365 g/mol. The Kier molecular flexibility index (Phi) is 6.90. The van der Waals surface area contributed by atoms with E-state index in [0.29, 0.717) is 16.7 Å². The van der Waals surface area contributed by atoms with Gasteiger partial charge >= 0.3 is 0 Å². The molecule has 0 bridgehead atoms. The van der Waals surface area contributed by atoms with E-state index in [0.717, 1.165) is 17.0 Å². The van der Waals surface area contributed by atoms with Gasteiger partial charge in [-0.25, -0.2) is 5.43 Å². The molecule has 0 aliphatic heterocycles. The molecule has 5 nitrogen and oxygen atoms in total. The number of nitrogens with zero attached hydrogens (tertiary/aromatic N) is 1. The van der Waals surface area contributed by atoms with Crippen molar-refractivity contribution in [3.63, 3.8) is 0 Å². The summed E-state index contributed by atoms with van der Waals surface area (Å²) in [5, 5.41) is 7.78. The van der Waals surface area contributed by atoms with Gasteiger partial charge in [0.05, 0.1) is 29.4 Å². The van der Waals surface area contributed by atoms with Crippen LogP contribution in [0.4, 0.5) is 5.69 Å². The molecule has 0 radical (unpaired) electrons. The van der Waals surface area contributed by atoms with Crippen molar-refractivity contribution in [2.45, 2.75) is 6.92 Å². The fourth-order valence-corrected chi connectivity index (χ4v) is 2.14. The van der Waals surface area contributed by atoms with Crippen LogP contribution in [0.1, 0.15) is 12.5 Å². The standard InChI is InChI=1S/C17H17Cl2N3O2/c1-2-24-14-6-4-13(5-7-14)20-11-17(23)22-21-10-12-3-8-15(18)16(19)9-12/h3-10,20H,2,11H2,1H3,(H,22,23). The number of halogens is 2. The number of carbonyl (C=O) groups is 1. The molecule has 0 aliphatic carbocycles. The van der Waals surface area contributed by atoms with Crippen molar-refractivity contribution in [1.82, 2.24) is 5.43 Å². The average molecular weight is 366 g/mol. The molecule has 1 amide bonds. The first-order chi connectivity index (χ1) is 11.6. The SMILES string of the molecule is CCOc1ccc(NCC(=O)NN=Cc2ccc(Cl)c(Cl)c2)cc1. The molecule has 24 heavy (non-hydrogen) atoms. The van der Waals surface area contributed by atoms with E-state index >= 15 is 0 Å². The van der Waals surface area contributed by atoms with Gasteiger partial charge in [-0.3, -0.25) is 4.79 Å². The van der Waals surface area contributed by atoms with Gasteiger partial charge < -0.3 is 10.1 Å². The van der Waals surface area contributed by atoms with E-state index in [1.165, 1.54) is 6.21 Å². The molecule has 126 valence electrons. The molecule has 0 aromatic heterocycles. The van der Waals surface area contributed by atoms with Crippen LogP contribution >= 0.6 is 23.2 Å². The fraction of sp³-hybridized carbons (Fsp3) is 0.176. The lowest BCUT2D eigenvalue weighted by Crippen LogP contribution is -2.25. The summed E-state index contributed by atoms with van der Waals surface area (Å²) in [4.78, 5) is 11.7. The van der Waals surface area contributed by atoms with E-state index in [4.69, 9.17) is 27.9 Å². The zero-order chi connectivity index (χ0) is 17.4. The van der Waals surface area contributed by atoms with Crippen LogP contribution in [0.2, 0.25) is 10.0 Å². The second kappa shape index (κ2) is 9.15. The number of rotatable bonds is 7. The molecule has 0 unspecified atom stereocenters. The zero-order valence-electron chi connectivity index (χ0n) is 13.1. The van der Waals surface area contributed by atoms with E-state index in [-0.39, 0.29) is 12.5 Å². The lowest BCUT2D eigenvalue weighted by atomic mass is 10.2. The Morgan fingerprint density at radius 1 is 1.17 bits per heavy atom. The molecular formula is C17H17Cl2N3O2. The van der Waals surface area contributed by atoms with Gasteiger partial charge in [-0.2, -0.15) is 5.10 Å². The van der Waals surface area contributed by atoms with Gasteiger partial charge in [0.25, 0.3) is 5.91 Å². The predicted octanol–water partition coefficient (Wildman–Crippen LogP) is 3.95. The number of benzene rings is 2. The second-order valence-electron chi connectivity index (χ2n) is 4.78. The number of anilines is 1. The Morgan fingerprint density at radius 3 is 2.58 bits per heavy atom. The first kappa shape index (κ1) is 18.1. The molecule has 0 aliphatic rings. The molecule has 2 aromatic carbocycles. The van der Waals surface area contributed by atoms with Crippen molar-refractivity contribution in [3.05, 3.63) is 58.1 Å². The number of hydrogen-bond acceptors (Lipinski definition) is 4. The van der Waals surface area contributed by atoms with Gasteiger partial charge in [-0.15, -0.1) is 0 Å². The van der Waals surface area contributed by atoms with Crippen molar-refractivity contribution >= 4 is 41.0 Å². The number of hydrazone groups is 1. The van der Waals surface area contributed by atoms with Gasteiger partial charge in [0, 0.05) is 5.69 Å². The van der Waals surface area contributed by atoms with Crippen LogP contribution in [0.25, 0.3) is 0 Å². The Labute approximate surface area is 150 Å². The van der Waals surface area contributed by atoms with Crippen LogP contribution in [0.15, 0.2) is 47.6 Å². The van der Waals surface area contributed by atoms with E-state index in [1.54, 1.807) is 18.2 Å². The molecule has 0 saturated heterocycles. The maximum atomic E-state index is 11.7. The molecule has 2 aromatic rings. The molecule has 0 spiro atoms. The summed E-state index contributed by atoms with van der Waals surface area (Å²) in [6.07, 6.45) is 1.50. The molecular weight excluding hydrogens is 349 g/mol. The normalized spacial score (nSPS) is 10.6. The van der Waals surface area contributed by atoms with Crippen molar-refractivity contribution in [3.8, 4) is 5.75 Å². The number of ether oxygens (including phenoxy) is 1. The fourth-order valence-electron chi connectivity index (χ4n) is 1.83. The number of amides is 1. The average Bonchev–Trinajstić information content (AvgIpc) is 2.58. The van der Waals surface area contributed by atoms with Gasteiger partial charge in [0.2, 0.25) is 0 Å². The molecule has 2 N–H and O–H groups in total. The van der Waals surface area contributed by atoms with Gasteiger partial charge in [0.15, 0.2) is 0 Å². The number of carbonyl (C=O) groups excluding carboxylic acids is 1. The van der Waals surface area contributed by atoms with Gasteiger partial charge in [-0.1, -0.05) is 29.3 Å². The summed E-state index contributed by atoms with van der Waals surface area (Å²) in [5.74, 6) is 0.527. The minimum atomic E-state index is -0.264. The lowest BCUT2D eigenvalue weighted by Gasteiger charge is -2.07. The molecule has 7 heteroatoms. The summed E-state index contributed by atoms with van der Waals surface area (Å²) in [6.45, 7) is 2.65. The Hall–Kier alpha value is -2.24. The van der Waals surface area contributed by atoms with E-state index < -0.39 is 0 Å². The summed E-state index contributed by atoms with van der Waals surface area (Å²) in [7, 11) is 0. The molecule has 2 rings (SSSR count). The van der Waals surface area contributed by atoms with Crippen molar-refractivity contribution in [1.29, 1.82) is 0 Å². The van der Waals surface area contributed by atoms with Crippen LogP contribution in [0.3, 0.4) is 0 Å². The van der Waals surface area contributed by atoms with Crippen LogP contribution < -0.4 is 15.5 Å². The predicted molar refractivity (Wildman–Crippen MR) is 98.3 cm³/mol. The number of hydrogen-bond donors (Lipinski definition) is 2. The quantitative estimate of drug-likeness (QED) is 0.576. The molecule has 0 fully saturated rings. The molecule has 0 atom stereocenters. The highest BCUT2D eigenvalue weighted by Gasteiger charge is 2.01. The van der Waals surface area contributed by atoms with E-state index in [9.17, 15) is 4.79 Å². The van der Waals surface area contributed by atoms with Crippen LogP contribution in [-0.2, 0) is 4.79 Å². The van der Waals surface area contributed by atoms with E-state index in [1.807, 2.05) is 31.2 Å². The largest absolute Gasteiger partial charge is 0.494 e. The first-order valence-corrected chi connectivity index (χ1v) is 8.07. The maximum Gasteiger partial charge on any atom is 0.259 e. The zero-order valence-corrected chi connectivity index (χ0v) is 14.6. The third kappa shape index (κ3) is 5.76. The highest BCUT2D eigenvalue weighted by molar-refractivity contribution is 6.42. The summed E-state index contributed by atoms with van der Waals surface area (Å²) in [5.41, 5.74) is 4.00. The van der Waals surface area contributed by atoms with Crippen LogP contribution in [0, 0.1) is 0 Å². The Balaban J connectivity index is 1.78. The van der Waals surface area contributed by atoms with Crippen LogP contribution in [0.5, 0.6) is 5.75 Å². The van der Waals surface area contributed by atoms with Gasteiger partial charge in [0.1, 0.15) is 5.75 Å². The second-order valence-corrected chi connectivity index (χ2v) is 5.59. The minimum absolute atomic E-state index is 0.104. The van der Waals surface area contributed by atoms with E-state index in [2.05, 4.69) is 15.8 Å². The molecule has 0 heterocycles. The highest BCUT2D eigenvalue weighted by atomic mass is 35.5. The smallest absolute Gasteiger partial charge is 0.259 e. The summed E-state index contributed by atoms with van der Waals surface area (Å²) >= 11 is 11.7. The number of nitrogens with one attached hydrogen (secondary N) is 2. The van der Waals surface area contributed by atoms with Crippen LogP contribution in [-0.4, -0.2) is 25.3 Å². The maximum absolute atomic E-state index is 11.7. The minimum Gasteiger partial charge on any atom is -0.494 e. The Bertz CT molecular complexity index is 718. The third-order valence-electron chi connectivity index (χ3n) is 2.96. The molecule has 0 saturated carbocycles. The first-order valence-electron chi connectivity index (χ1n) is 7.32. The topological polar surface area (TPSA) is 62.7 Å². The lowest BCUT2D eigenvalue weighted by molar-refractivity contribution is -0.119. The van der Waals surface area contributed by atoms with Gasteiger partial charge in [-0.05, 0) is 48.9 Å². The third-order valence-corrected chi connectivity index (χ3v) is 3.70.